The number of nitrogens with zero attached hydrogens (tertiary/aromatic N) is 1. The second kappa shape index (κ2) is 4.24. The van der Waals surface area contributed by atoms with Gasteiger partial charge in [0.25, 0.3) is 0 Å². The van der Waals surface area contributed by atoms with Crippen molar-refractivity contribution in [3.05, 3.63) is 29.3 Å². The summed E-state index contributed by atoms with van der Waals surface area (Å²) in [5.74, 6) is 1.13. The molecule has 1 fully saturated rings. The highest BCUT2D eigenvalue weighted by Gasteiger charge is 2.42. The molecular weight excluding hydrogens is 234 g/mol. The van der Waals surface area contributed by atoms with Crippen molar-refractivity contribution in [2.75, 3.05) is 20.1 Å². The summed E-state index contributed by atoms with van der Waals surface area (Å²) in [7, 11) is 2.20. The van der Waals surface area contributed by atoms with Crippen molar-refractivity contribution in [3.63, 3.8) is 0 Å². The second-order valence-corrected chi connectivity index (χ2v) is 7.38. The fraction of sp³-hybridized carbons (Fsp3) is 0.647. The van der Waals surface area contributed by atoms with Crippen LogP contribution in [0.15, 0.2) is 18.2 Å². The van der Waals surface area contributed by atoms with Gasteiger partial charge in [0.1, 0.15) is 11.4 Å². The van der Waals surface area contributed by atoms with E-state index in [-0.39, 0.29) is 11.0 Å². The first-order chi connectivity index (χ1) is 8.88. The number of hydrogen-bond donors (Lipinski definition) is 0. The van der Waals surface area contributed by atoms with Crippen LogP contribution in [0.25, 0.3) is 0 Å². The first kappa shape index (κ1) is 13.0. The van der Waals surface area contributed by atoms with Gasteiger partial charge in [-0.1, -0.05) is 32.9 Å². The molecule has 1 spiro atoms. The lowest BCUT2D eigenvalue weighted by Gasteiger charge is -2.37. The van der Waals surface area contributed by atoms with Crippen molar-refractivity contribution in [2.45, 2.75) is 51.0 Å². The summed E-state index contributed by atoms with van der Waals surface area (Å²) in [6.07, 6.45) is 3.52. The Morgan fingerprint density at radius 1 is 1.26 bits per heavy atom. The topological polar surface area (TPSA) is 12.5 Å². The van der Waals surface area contributed by atoms with Gasteiger partial charge in [-0.2, -0.15) is 0 Å². The number of likely N-dealkylation sites (tertiary alicyclic amines) is 1. The van der Waals surface area contributed by atoms with Crippen LogP contribution >= 0.6 is 0 Å². The van der Waals surface area contributed by atoms with E-state index in [4.69, 9.17) is 4.74 Å². The molecule has 2 aliphatic heterocycles. The van der Waals surface area contributed by atoms with Gasteiger partial charge in [-0.25, -0.2) is 0 Å². The van der Waals surface area contributed by atoms with Crippen LogP contribution in [0.3, 0.4) is 0 Å². The monoisotopic (exact) mass is 259 g/mol. The second-order valence-electron chi connectivity index (χ2n) is 7.38. The van der Waals surface area contributed by atoms with Crippen molar-refractivity contribution < 1.29 is 4.74 Å². The molecule has 104 valence electrons. The van der Waals surface area contributed by atoms with E-state index in [1.54, 1.807) is 0 Å². The summed E-state index contributed by atoms with van der Waals surface area (Å²) >= 11 is 0. The summed E-state index contributed by atoms with van der Waals surface area (Å²) in [5, 5.41) is 0. The van der Waals surface area contributed by atoms with E-state index < -0.39 is 0 Å². The predicted octanol–water partition coefficient (Wildman–Crippen LogP) is 3.38. The first-order valence-corrected chi connectivity index (χ1v) is 7.39. The molecule has 19 heavy (non-hydrogen) atoms. The van der Waals surface area contributed by atoms with Crippen LogP contribution in [0.1, 0.15) is 44.7 Å². The summed E-state index contributed by atoms with van der Waals surface area (Å²) < 4.78 is 6.40. The smallest absolute Gasteiger partial charge is 0.126 e. The highest BCUT2D eigenvalue weighted by atomic mass is 16.5. The number of rotatable bonds is 0. The molecule has 2 heterocycles. The standard InChI is InChI=1S/C17H25NO/c1-16(2,3)14-7-6-13-11-17(19-15(13)10-14)8-5-9-18(4)12-17/h6-7,10H,5,8-9,11-12H2,1-4H3. The van der Waals surface area contributed by atoms with Crippen LogP contribution in [-0.4, -0.2) is 30.6 Å². The number of benzene rings is 1. The Bertz CT molecular complexity index is 489. The number of piperidine rings is 1. The average Bonchev–Trinajstić information content (AvgIpc) is 2.63. The normalized spacial score (nSPS) is 27.4. The van der Waals surface area contributed by atoms with Gasteiger partial charge in [0.2, 0.25) is 0 Å². The summed E-state index contributed by atoms with van der Waals surface area (Å²) in [4.78, 5) is 2.40. The molecule has 1 aromatic carbocycles. The zero-order valence-electron chi connectivity index (χ0n) is 12.6. The number of ether oxygens (including phenoxy) is 1. The van der Waals surface area contributed by atoms with E-state index in [2.05, 4.69) is 50.9 Å². The third kappa shape index (κ3) is 2.38. The minimum absolute atomic E-state index is 0.0475. The van der Waals surface area contributed by atoms with Gasteiger partial charge in [0, 0.05) is 13.0 Å². The molecule has 0 saturated carbocycles. The van der Waals surface area contributed by atoms with Crippen LogP contribution in [0.5, 0.6) is 5.75 Å². The first-order valence-electron chi connectivity index (χ1n) is 7.39. The maximum absolute atomic E-state index is 6.40. The van der Waals surface area contributed by atoms with Crippen LogP contribution in [0.4, 0.5) is 0 Å². The van der Waals surface area contributed by atoms with Crippen LogP contribution in [0.2, 0.25) is 0 Å². The van der Waals surface area contributed by atoms with Gasteiger partial charge in [0.15, 0.2) is 0 Å². The van der Waals surface area contributed by atoms with Crippen molar-refractivity contribution in [2.24, 2.45) is 0 Å². The molecule has 0 bridgehead atoms. The van der Waals surface area contributed by atoms with E-state index in [0.29, 0.717) is 0 Å². The van der Waals surface area contributed by atoms with E-state index in [1.807, 2.05) is 0 Å². The average molecular weight is 259 g/mol. The van der Waals surface area contributed by atoms with E-state index >= 15 is 0 Å². The Kier molecular flexibility index (Phi) is 2.90. The Balaban J connectivity index is 1.88. The Hall–Kier alpha value is -1.02. The molecule has 0 N–H and O–H groups in total. The summed E-state index contributed by atoms with van der Waals surface area (Å²) in [6, 6.07) is 6.81. The maximum Gasteiger partial charge on any atom is 0.126 e. The fourth-order valence-electron chi connectivity index (χ4n) is 3.43. The van der Waals surface area contributed by atoms with Crippen LogP contribution in [-0.2, 0) is 11.8 Å². The molecule has 1 atom stereocenters. The quantitative estimate of drug-likeness (QED) is 0.708. The third-order valence-electron chi connectivity index (χ3n) is 4.50. The lowest BCUT2D eigenvalue weighted by molar-refractivity contribution is 0.0183. The van der Waals surface area contributed by atoms with E-state index in [0.717, 1.165) is 18.7 Å². The fourth-order valence-corrected chi connectivity index (χ4v) is 3.43. The molecule has 2 nitrogen and oxygen atoms in total. The van der Waals surface area contributed by atoms with Crippen LogP contribution < -0.4 is 4.74 Å². The number of hydrogen-bond acceptors (Lipinski definition) is 2. The van der Waals surface area contributed by atoms with Gasteiger partial charge >= 0.3 is 0 Å². The predicted molar refractivity (Wildman–Crippen MR) is 78.9 cm³/mol. The molecule has 1 saturated heterocycles. The Morgan fingerprint density at radius 2 is 2.05 bits per heavy atom. The van der Waals surface area contributed by atoms with E-state index in [9.17, 15) is 0 Å². The molecule has 0 amide bonds. The van der Waals surface area contributed by atoms with Crippen molar-refractivity contribution in [3.8, 4) is 5.75 Å². The maximum atomic E-state index is 6.40. The molecule has 0 radical (unpaired) electrons. The molecule has 0 aromatic heterocycles. The van der Waals surface area contributed by atoms with Crippen molar-refractivity contribution in [1.29, 1.82) is 0 Å². The molecular formula is C17H25NO. The molecule has 1 aromatic rings. The molecule has 2 heteroatoms. The summed E-state index contributed by atoms with van der Waals surface area (Å²) in [5.41, 5.74) is 3.00. The highest BCUT2D eigenvalue weighted by Crippen LogP contribution is 2.41. The van der Waals surface area contributed by atoms with Gasteiger partial charge in [-0.05, 0) is 49.0 Å². The summed E-state index contributed by atoms with van der Waals surface area (Å²) in [6.45, 7) is 9.04. The largest absolute Gasteiger partial charge is 0.485 e. The zero-order chi connectivity index (χ0) is 13.7. The minimum Gasteiger partial charge on any atom is -0.485 e. The van der Waals surface area contributed by atoms with Crippen LogP contribution in [0, 0.1) is 0 Å². The number of fused-ring (bicyclic) bond motifs is 1. The van der Waals surface area contributed by atoms with Crippen molar-refractivity contribution >= 4 is 0 Å². The lowest BCUT2D eigenvalue weighted by atomic mass is 9.85. The van der Waals surface area contributed by atoms with E-state index in [1.165, 1.54) is 30.5 Å². The lowest BCUT2D eigenvalue weighted by Crippen LogP contribution is -2.49. The van der Waals surface area contributed by atoms with Gasteiger partial charge in [0.05, 0.1) is 0 Å². The molecule has 3 rings (SSSR count). The minimum atomic E-state index is 0.0475. The molecule has 2 aliphatic rings. The Labute approximate surface area is 116 Å². The van der Waals surface area contributed by atoms with Gasteiger partial charge < -0.3 is 9.64 Å². The van der Waals surface area contributed by atoms with Crippen molar-refractivity contribution in [1.82, 2.24) is 4.90 Å². The van der Waals surface area contributed by atoms with Gasteiger partial charge in [-0.3, -0.25) is 0 Å². The molecule has 1 unspecified atom stereocenters. The number of likely N-dealkylation sites (N-methyl/N-ethyl adjacent to an activating group) is 1. The third-order valence-corrected chi connectivity index (χ3v) is 4.50. The molecule has 0 aliphatic carbocycles. The highest BCUT2D eigenvalue weighted by molar-refractivity contribution is 5.44. The Morgan fingerprint density at radius 3 is 2.74 bits per heavy atom. The van der Waals surface area contributed by atoms with Gasteiger partial charge in [-0.15, -0.1) is 0 Å². The zero-order valence-corrected chi connectivity index (χ0v) is 12.6. The SMILES string of the molecule is CN1CCCC2(Cc3ccc(C(C)(C)C)cc3O2)C1.